The van der Waals surface area contributed by atoms with Crippen molar-refractivity contribution in [2.75, 3.05) is 11.9 Å². The van der Waals surface area contributed by atoms with Gasteiger partial charge in [0.25, 0.3) is 5.91 Å². The topological polar surface area (TPSA) is 66.9 Å². The monoisotopic (exact) mass is 358 g/mol. The van der Waals surface area contributed by atoms with Gasteiger partial charge in [0.2, 0.25) is 0 Å². The predicted molar refractivity (Wildman–Crippen MR) is 100 cm³/mol. The number of nitrogens with zero attached hydrogens (tertiary/aromatic N) is 2. The van der Waals surface area contributed by atoms with E-state index in [2.05, 4.69) is 20.6 Å². The summed E-state index contributed by atoms with van der Waals surface area (Å²) in [5.41, 5.74) is 1.42. The average molecular weight is 359 g/mol. The Morgan fingerprint density at radius 1 is 1.16 bits per heavy atom. The zero-order valence-corrected chi connectivity index (χ0v) is 14.9. The minimum atomic E-state index is -0.209. The molecular weight excluding hydrogens is 336 g/mol. The molecule has 1 saturated carbocycles. The fourth-order valence-corrected chi connectivity index (χ4v) is 3.29. The van der Waals surface area contributed by atoms with Crippen molar-refractivity contribution in [2.45, 2.75) is 44.6 Å². The maximum Gasteiger partial charge on any atom is 0.271 e. The highest BCUT2D eigenvalue weighted by atomic mass is 35.5. The standard InChI is InChI=1S/C19H23ClN4O/c20-15-6-4-5-14(11-15)9-10-21-19(25)17-12-23-18(13-22-17)24-16-7-2-1-3-8-16/h4-6,11-13,16H,1-3,7-10H2,(H,21,25)(H,23,24). The molecule has 1 aliphatic rings. The Balaban J connectivity index is 1.47. The lowest BCUT2D eigenvalue weighted by Crippen LogP contribution is -2.27. The second kappa shape index (κ2) is 8.81. The summed E-state index contributed by atoms with van der Waals surface area (Å²) in [6.07, 6.45) is 10.1. The number of hydrogen-bond acceptors (Lipinski definition) is 4. The first-order chi connectivity index (χ1) is 12.2. The van der Waals surface area contributed by atoms with Crippen molar-refractivity contribution in [1.29, 1.82) is 0 Å². The minimum absolute atomic E-state index is 0.209. The van der Waals surface area contributed by atoms with E-state index in [1.54, 1.807) is 6.20 Å². The fourth-order valence-electron chi connectivity index (χ4n) is 3.08. The van der Waals surface area contributed by atoms with Crippen molar-refractivity contribution >= 4 is 23.3 Å². The van der Waals surface area contributed by atoms with Crippen LogP contribution in [0.25, 0.3) is 0 Å². The first-order valence-electron chi connectivity index (χ1n) is 8.82. The van der Waals surface area contributed by atoms with Crippen LogP contribution in [0.5, 0.6) is 0 Å². The summed E-state index contributed by atoms with van der Waals surface area (Å²) in [6.45, 7) is 0.531. The molecule has 0 bridgehead atoms. The van der Waals surface area contributed by atoms with Crippen LogP contribution < -0.4 is 10.6 Å². The number of carbonyl (C=O) groups is 1. The van der Waals surface area contributed by atoms with Gasteiger partial charge in [-0.05, 0) is 37.0 Å². The summed E-state index contributed by atoms with van der Waals surface area (Å²) < 4.78 is 0. The second-order valence-electron chi connectivity index (χ2n) is 6.40. The number of amides is 1. The molecule has 0 spiro atoms. The molecule has 25 heavy (non-hydrogen) atoms. The fraction of sp³-hybridized carbons (Fsp3) is 0.421. The number of nitrogens with one attached hydrogen (secondary N) is 2. The van der Waals surface area contributed by atoms with Gasteiger partial charge in [-0.1, -0.05) is 43.0 Å². The molecule has 132 valence electrons. The van der Waals surface area contributed by atoms with Crippen LogP contribution in [0, 0.1) is 0 Å². The molecule has 0 atom stereocenters. The molecular formula is C19H23ClN4O. The summed E-state index contributed by atoms with van der Waals surface area (Å²) in [6, 6.07) is 8.11. The maximum atomic E-state index is 12.1. The normalized spacial score (nSPS) is 14.9. The summed E-state index contributed by atoms with van der Waals surface area (Å²) >= 11 is 5.96. The third-order valence-electron chi connectivity index (χ3n) is 4.43. The van der Waals surface area contributed by atoms with Crippen molar-refractivity contribution in [2.24, 2.45) is 0 Å². The van der Waals surface area contributed by atoms with E-state index in [4.69, 9.17) is 11.6 Å². The van der Waals surface area contributed by atoms with E-state index in [0.29, 0.717) is 23.3 Å². The minimum Gasteiger partial charge on any atom is -0.366 e. The van der Waals surface area contributed by atoms with E-state index in [0.717, 1.165) is 17.8 Å². The first kappa shape index (κ1) is 17.7. The van der Waals surface area contributed by atoms with Crippen molar-refractivity contribution in [3.8, 4) is 0 Å². The maximum absolute atomic E-state index is 12.1. The van der Waals surface area contributed by atoms with Crippen molar-refractivity contribution < 1.29 is 4.79 Å². The van der Waals surface area contributed by atoms with Gasteiger partial charge in [0.1, 0.15) is 11.5 Å². The molecule has 5 nitrogen and oxygen atoms in total. The van der Waals surface area contributed by atoms with Crippen molar-refractivity contribution in [1.82, 2.24) is 15.3 Å². The molecule has 2 N–H and O–H groups in total. The van der Waals surface area contributed by atoms with Crippen LogP contribution in [0.4, 0.5) is 5.82 Å². The quantitative estimate of drug-likeness (QED) is 0.823. The number of halogens is 1. The van der Waals surface area contributed by atoms with Gasteiger partial charge in [0, 0.05) is 17.6 Å². The molecule has 1 amide bonds. The van der Waals surface area contributed by atoms with E-state index in [9.17, 15) is 4.79 Å². The van der Waals surface area contributed by atoms with E-state index in [1.165, 1.54) is 38.3 Å². The number of anilines is 1. The van der Waals surface area contributed by atoms with Gasteiger partial charge in [0.15, 0.2) is 0 Å². The smallest absolute Gasteiger partial charge is 0.271 e. The Kier molecular flexibility index (Phi) is 6.23. The molecule has 0 radical (unpaired) electrons. The third-order valence-corrected chi connectivity index (χ3v) is 4.67. The molecule has 0 unspecified atom stereocenters. The number of benzene rings is 1. The Morgan fingerprint density at radius 2 is 2.00 bits per heavy atom. The van der Waals surface area contributed by atoms with E-state index in [-0.39, 0.29) is 5.91 Å². The highest BCUT2D eigenvalue weighted by molar-refractivity contribution is 6.30. The molecule has 1 aliphatic carbocycles. The van der Waals surface area contributed by atoms with Gasteiger partial charge in [-0.25, -0.2) is 9.97 Å². The molecule has 1 fully saturated rings. The number of rotatable bonds is 6. The van der Waals surface area contributed by atoms with Crippen LogP contribution in [-0.4, -0.2) is 28.5 Å². The SMILES string of the molecule is O=C(NCCc1cccc(Cl)c1)c1cnc(NC2CCCCC2)cn1. The second-order valence-corrected chi connectivity index (χ2v) is 6.84. The van der Waals surface area contributed by atoms with E-state index in [1.807, 2.05) is 24.3 Å². The van der Waals surface area contributed by atoms with Gasteiger partial charge in [-0.3, -0.25) is 4.79 Å². The third kappa shape index (κ3) is 5.43. The molecule has 3 rings (SSSR count). The van der Waals surface area contributed by atoms with E-state index >= 15 is 0 Å². The van der Waals surface area contributed by atoms with Crippen molar-refractivity contribution in [3.05, 3.63) is 52.9 Å². The van der Waals surface area contributed by atoms with Gasteiger partial charge in [-0.2, -0.15) is 0 Å². The van der Waals surface area contributed by atoms with Gasteiger partial charge >= 0.3 is 0 Å². The molecule has 2 aromatic rings. The van der Waals surface area contributed by atoms with Gasteiger partial charge in [-0.15, -0.1) is 0 Å². The van der Waals surface area contributed by atoms with Crippen LogP contribution in [0.2, 0.25) is 5.02 Å². The zero-order valence-electron chi connectivity index (χ0n) is 14.2. The molecule has 0 saturated heterocycles. The lowest BCUT2D eigenvalue weighted by Gasteiger charge is -2.23. The Hall–Kier alpha value is -2.14. The van der Waals surface area contributed by atoms with E-state index < -0.39 is 0 Å². The highest BCUT2D eigenvalue weighted by Crippen LogP contribution is 2.20. The molecule has 1 aromatic heterocycles. The number of aromatic nitrogens is 2. The highest BCUT2D eigenvalue weighted by Gasteiger charge is 2.14. The first-order valence-corrected chi connectivity index (χ1v) is 9.20. The van der Waals surface area contributed by atoms with Crippen LogP contribution in [0.15, 0.2) is 36.7 Å². The summed E-state index contributed by atoms with van der Waals surface area (Å²) in [4.78, 5) is 20.7. The van der Waals surface area contributed by atoms with Gasteiger partial charge < -0.3 is 10.6 Å². The van der Waals surface area contributed by atoms with Crippen LogP contribution in [0.3, 0.4) is 0 Å². The molecule has 6 heteroatoms. The molecule has 1 aromatic carbocycles. The zero-order chi connectivity index (χ0) is 17.5. The largest absolute Gasteiger partial charge is 0.366 e. The summed E-state index contributed by atoms with van der Waals surface area (Å²) in [7, 11) is 0. The lowest BCUT2D eigenvalue weighted by molar-refractivity contribution is 0.0949. The number of hydrogen-bond donors (Lipinski definition) is 2. The number of carbonyl (C=O) groups excluding carboxylic acids is 1. The Labute approximate surface area is 153 Å². The van der Waals surface area contributed by atoms with Crippen LogP contribution in [0.1, 0.15) is 48.2 Å². The average Bonchev–Trinajstić information content (AvgIpc) is 2.63. The lowest BCUT2D eigenvalue weighted by atomic mass is 9.96. The molecule has 1 heterocycles. The predicted octanol–water partition coefficient (Wildman–Crippen LogP) is 3.85. The summed E-state index contributed by atoms with van der Waals surface area (Å²) in [5.74, 6) is 0.529. The Bertz CT molecular complexity index is 699. The van der Waals surface area contributed by atoms with Crippen LogP contribution >= 0.6 is 11.6 Å². The molecule has 0 aliphatic heterocycles. The van der Waals surface area contributed by atoms with Gasteiger partial charge in [0.05, 0.1) is 12.4 Å². The van der Waals surface area contributed by atoms with Crippen LogP contribution in [-0.2, 0) is 6.42 Å². The van der Waals surface area contributed by atoms with Crippen molar-refractivity contribution in [3.63, 3.8) is 0 Å². The summed E-state index contributed by atoms with van der Waals surface area (Å²) in [5, 5.41) is 6.97. The Morgan fingerprint density at radius 3 is 2.72 bits per heavy atom.